The molecular weight excluding hydrogens is 398 g/mol. The molecule has 4 rings (SSSR count). The Bertz CT molecular complexity index is 995. The van der Waals surface area contributed by atoms with Crippen LogP contribution in [0.1, 0.15) is 5.56 Å². The van der Waals surface area contributed by atoms with E-state index in [1.807, 2.05) is 60.7 Å². The molecule has 7 heteroatoms. The number of benzene rings is 2. The van der Waals surface area contributed by atoms with Crippen LogP contribution < -0.4 is 4.90 Å². The van der Waals surface area contributed by atoms with Crippen molar-refractivity contribution in [3.8, 4) is 6.07 Å². The monoisotopic (exact) mass is 419 g/mol. The Labute approximate surface area is 179 Å². The van der Waals surface area contributed by atoms with Gasteiger partial charge in [0.25, 0.3) is 5.91 Å². The fourth-order valence-electron chi connectivity index (χ4n) is 3.54. The van der Waals surface area contributed by atoms with Crippen molar-refractivity contribution in [3.63, 3.8) is 0 Å². The molecule has 6 nitrogen and oxygen atoms in total. The van der Waals surface area contributed by atoms with Crippen LogP contribution in [0.2, 0.25) is 0 Å². The summed E-state index contributed by atoms with van der Waals surface area (Å²) in [5.74, 6) is -0.468. The summed E-state index contributed by atoms with van der Waals surface area (Å²) in [7, 11) is 0. The molecule has 30 heavy (non-hydrogen) atoms. The average Bonchev–Trinajstić information content (AvgIpc) is 3.11. The molecule has 2 aliphatic rings. The van der Waals surface area contributed by atoms with E-state index >= 15 is 0 Å². The summed E-state index contributed by atoms with van der Waals surface area (Å²) in [5.41, 5.74) is 1.70. The molecule has 2 heterocycles. The number of para-hydroxylation sites is 1. The van der Waals surface area contributed by atoms with Gasteiger partial charge in [-0.3, -0.25) is 14.5 Å². The van der Waals surface area contributed by atoms with Gasteiger partial charge in [-0.2, -0.15) is 5.26 Å². The van der Waals surface area contributed by atoms with Gasteiger partial charge in [-0.25, -0.2) is 0 Å². The molecule has 152 valence electrons. The van der Waals surface area contributed by atoms with Crippen molar-refractivity contribution in [1.82, 2.24) is 4.90 Å². The molecule has 2 aliphatic heterocycles. The van der Waals surface area contributed by atoms with Crippen LogP contribution in [0.25, 0.3) is 0 Å². The Morgan fingerprint density at radius 3 is 2.33 bits per heavy atom. The quantitative estimate of drug-likeness (QED) is 0.563. The third-order valence-electron chi connectivity index (χ3n) is 5.07. The number of morpholine rings is 1. The lowest BCUT2D eigenvalue weighted by Gasteiger charge is -2.27. The van der Waals surface area contributed by atoms with Crippen molar-refractivity contribution in [2.75, 3.05) is 31.2 Å². The Kier molecular flexibility index (Phi) is 6.17. The van der Waals surface area contributed by atoms with E-state index in [4.69, 9.17) is 4.74 Å². The first kappa shape index (κ1) is 20.2. The minimum Gasteiger partial charge on any atom is -0.378 e. The van der Waals surface area contributed by atoms with Gasteiger partial charge >= 0.3 is 0 Å². The van der Waals surface area contributed by atoms with Crippen LogP contribution in [-0.4, -0.2) is 48.3 Å². The molecule has 0 unspecified atom stereocenters. The number of ether oxygens (including phenoxy) is 1. The largest absolute Gasteiger partial charge is 0.378 e. The van der Waals surface area contributed by atoms with Gasteiger partial charge in [0, 0.05) is 18.8 Å². The lowest BCUT2D eigenvalue weighted by Crippen LogP contribution is -2.42. The van der Waals surface area contributed by atoms with Crippen LogP contribution in [-0.2, 0) is 20.7 Å². The number of thioether (sulfide) groups is 1. The van der Waals surface area contributed by atoms with Crippen LogP contribution in [0.15, 0.2) is 71.3 Å². The van der Waals surface area contributed by atoms with Gasteiger partial charge in [0.15, 0.2) is 0 Å². The average molecular weight is 420 g/mol. The Morgan fingerprint density at radius 1 is 1.07 bits per heavy atom. The molecule has 2 amide bonds. The van der Waals surface area contributed by atoms with Gasteiger partial charge in [-0.1, -0.05) is 60.3 Å². The van der Waals surface area contributed by atoms with Crippen molar-refractivity contribution in [2.45, 2.75) is 11.7 Å². The molecule has 0 aliphatic carbocycles. The fourth-order valence-corrected chi connectivity index (χ4v) is 4.85. The predicted octanol–water partition coefficient (Wildman–Crippen LogP) is 2.97. The maximum atomic E-state index is 13.4. The zero-order valence-electron chi connectivity index (χ0n) is 16.4. The summed E-state index contributed by atoms with van der Waals surface area (Å²) < 4.78 is 5.32. The van der Waals surface area contributed by atoms with Gasteiger partial charge in [-0.05, 0) is 24.1 Å². The van der Waals surface area contributed by atoms with Crippen molar-refractivity contribution >= 4 is 29.3 Å². The second kappa shape index (κ2) is 9.16. The number of hydrogen-bond donors (Lipinski definition) is 0. The zero-order valence-corrected chi connectivity index (χ0v) is 17.2. The lowest BCUT2D eigenvalue weighted by atomic mass is 10.1. The van der Waals surface area contributed by atoms with Crippen LogP contribution in [0.3, 0.4) is 0 Å². The van der Waals surface area contributed by atoms with Crippen molar-refractivity contribution < 1.29 is 14.3 Å². The summed E-state index contributed by atoms with van der Waals surface area (Å²) in [6.07, 6.45) is 0.529. The fraction of sp³-hybridized carbons (Fsp3) is 0.261. The second-order valence-electron chi connectivity index (χ2n) is 7.00. The van der Waals surface area contributed by atoms with E-state index in [-0.39, 0.29) is 17.4 Å². The number of amides is 2. The zero-order chi connectivity index (χ0) is 20.9. The smallest absolute Gasteiger partial charge is 0.267 e. The minimum absolute atomic E-state index is 0.00895. The predicted molar refractivity (Wildman–Crippen MR) is 115 cm³/mol. The molecule has 0 spiro atoms. The van der Waals surface area contributed by atoms with E-state index in [2.05, 4.69) is 6.07 Å². The van der Waals surface area contributed by atoms with Crippen molar-refractivity contribution in [3.05, 3.63) is 76.8 Å². The Hall–Kier alpha value is -3.08. The number of carbonyl (C=O) groups is 2. The number of hydrogen-bond acceptors (Lipinski definition) is 5. The van der Waals surface area contributed by atoms with Crippen molar-refractivity contribution in [2.24, 2.45) is 0 Å². The van der Waals surface area contributed by atoms with E-state index < -0.39 is 5.25 Å². The standard InChI is InChI=1S/C23H21N3O3S/c24-16-19(21(27)25-11-13-29-14-12-25)23-26(18-9-5-2-6-10-18)22(28)20(30-23)15-17-7-3-1-4-8-17/h1-10,20H,11-15H2/b23-19-/t20-/m1/s1. The number of nitrogens with zero attached hydrogens (tertiary/aromatic N) is 3. The van der Waals surface area contributed by atoms with E-state index in [9.17, 15) is 14.9 Å². The first-order valence-electron chi connectivity index (χ1n) is 9.80. The molecule has 2 fully saturated rings. The van der Waals surface area contributed by atoms with Crippen molar-refractivity contribution in [1.29, 1.82) is 5.26 Å². The first-order valence-corrected chi connectivity index (χ1v) is 10.7. The number of rotatable bonds is 4. The molecule has 0 saturated carbocycles. The summed E-state index contributed by atoms with van der Waals surface area (Å²) in [6.45, 7) is 1.78. The molecule has 1 atom stereocenters. The molecule has 0 radical (unpaired) electrons. The maximum Gasteiger partial charge on any atom is 0.267 e. The van der Waals surface area contributed by atoms with E-state index in [1.165, 1.54) is 16.7 Å². The van der Waals surface area contributed by atoms with Crippen LogP contribution >= 0.6 is 11.8 Å². The topological polar surface area (TPSA) is 73.6 Å². The normalized spacial score (nSPS) is 20.8. The van der Waals surface area contributed by atoms with Crippen LogP contribution in [0.4, 0.5) is 5.69 Å². The van der Waals surface area contributed by atoms with E-state index in [1.54, 1.807) is 4.90 Å². The highest BCUT2D eigenvalue weighted by molar-refractivity contribution is 8.05. The first-order chi connectivity index (χ1) is 14.7. The molecule has 2 aromatic rings. The molecule has 2 saturated heterocycles. The van der Waals surface area contributed by atoms with E-state index in [0.29, 0.717) is 43.4 Å². The molecule has 0 aromatic heterocycles. The van der Waals surface area contributed by atoms with Gasteiger partial charge in [0.1, 0.15) is 16.7 Å². The third kappa shape index (κ3) is 4.11. The highest BCUT2D eigenvalue weighted by atomic mass is 32.2. The third-order valence-corrected chi connectivity index (χ3v) is 6.33. The van der Waals surface area contributed by atoms with E-state index in [0.717, 1.165) is 5.56 Å². The van der Waals surface area contributed by atoms with Gasteiger partial charge in [-0.15, -0.1) is 0 Å². The Morgan fingerprint density at radius 2 is 1.70 bits per heavy atom. The number of anilines is 1. The maximum absolute atomic E-state index is 13.4. The highest BCUT2D eigenvalue weighted by Gasteiger charge is 2.41. The Balaban J connectivity index is 1.72. The minimum atomic E-state index is -0.400. The number of nitriles is 1. The van der Waals surface area contributed by atoms with Crippen LogP contribution in [0, 0.1) is 11.3 Å². The van der Waals surface area contributed by atoms with Crippen LogP contribution in [0.5, 0.6) is 0 Å². The highest BCUT2D eigenvalue weighted by Crippen LogP contribution is 2.42. The summed E-state index contributed by atoms with van der Waals surface area (Å²) >= 11 is 1.30. The SMILES string of the molecule is N#C/C(C(=O)N1CCOCC1)=C1/S[C@H](Cc2ccccc2)C(=O)N1c1ccccc1. The number of carbonyl (C=O) groups excluding carboxylic acids is 2. The summed E-state index contributed by atoms with van der Waals surface area (Å²) in [4.78, 5) is 29.6. The van der Waals surface area contributed by atoms with Gasteiger partial charge in [0.05, 0.1) is 18.5 Å². The molecular formula is C23H21N3O3S. The molecule has 2 aromatic carbocycles. The lowest BCUT2D eigenvalue weighted by molar-refractivity contribution is -0.130. The van der Waals surface area contributed by atoms with Gasteiger partial charge < -0.3 is 9.64 Å². The second-order valence-corrected chi connectivity index (χ2v) is 8.19. The summed E-state index contributed by atoms with van der Waals surface area (Å²) in [5, 5.41) is 9.89. The molecule has 0 bridgehead atoms. The summed E-state index contributed by atoms with van der Waals surface area (Å²) in [6, 6.07) is 21.0. The van der Waals surface area contributed by atoms with Gasteiger partial charge in [0.2, 0.25) is 5.91 Å². The molecule has 0 N–H and O–H groups in total.